The summed E-state index contributed by atoms with van der Waals surface area (Å²) in [6, 6.07) is 5.25. The van der Waals surface area contributed by atoms with Gasteiger partial charge in [-0.2, -0.15) is 18.3 Å². The number of benzene rings is 1. The van der Waals surface area contributed by atoms with E-state index < -0.39 is 47.1 Å². The van der Waals surface area contributed by atoms with E-state index in [1.54, 1.807) is 17.6 Å². The lowest BCUT2D eigenvalue weighted by molar-refractivity contribution is -0.137. The Morgan fingerprint density at radius 1 is 1.10 bits per heavy atom. The van der Waals surface area contributed by atoms with Crippen LogP contribution in [0.1, 0.15) is 52.5 Å². The molecule has 13 heteroatoms. The van der Waals surface area contributed by atoms with Gasteiger partial charge in [0, 0.05) is 28.8 Å². The minimum Gasteiger partial charge on any atom is -0.444 e. The van der Waals surface area contributed by atoms with E-state index in [-0.39, 0.29) is 18.1 Å². The fourth-order valence-corrected chi connectivity index (χ4v) is 4.21. The van der Waals surface area contributed by atoms with Crippen molar-refractivity contribution in [2.75, 3.05) is 5.32 Å². The van der Waals surface area contributed by atoms with Crippen LogP contribution in [0, 0.1) is 5.41 Å². The maximum absolute atomic E-state index is 12.9. The Bertz CT molecular complexity index is 1280. The van der Waals surface area contributed by atoms with E-state index in [0.29, 0.717) is 17.7 Å². The molecule has 0 radical (unpaired) electrons. The third-order valence-corrected chi connectivity index (χ3v) is 6.74. The first-order valence-electron chi connectivity index (χ1n) is 12.7. The first-order valence-corrected chi connectivity index (χ1v) is 13.6. The van der Waals surface area contributed by atoms with Crippen molar-refractivity contribution in [1.82, 2.24) is 20.1 Å². The van der Waals surface area contributed by atoms with Crippen LogP contribution in [0.25, 0.3) is 11.3 Å². The van der Waals surface area contributed by atoms with Gasteiger partial charge in [-0.25, -0.2) is 9.78 Å². The molecule has 3 rings (SSSR count). The second-order valence-electron chi connectivity index (χ2n) is 10.3. The second-order valence-corrected chi connectivity index (χ2v) is 11.1. The first kappa shape index (κ1) is 30.8. The molecule has 2 aromatic heterocycles. The molecule has 0 saturated heterocycles. The van der Waals surface area contributed by atoms with Gasteiger partial charge in [0.05, 0.1) is 17.8 Å². The summed E-state index contributed by atoms with van der Waals surface area (Å²) in [6.07, 6.45) is -1.24. The molecule has 0 aliphatic heterocycles. The van der Waals surface area contributed by atoms with Gasteiger partial charge in [0.2, 0.25) is 5.78 Å². The number of alkyl carbamates (subject to hydrolysis) is 1. The highest BCUT2D eigenvalue weighted by Gasteiger charge is 2.33. The maximum atomic E-state index is 12.9. The number of rotatable bonds is 11. The molecule has 40 heavy (non-hydrogen) atoms. The molecule has 0 spiro atoms. The van der Waals surface area contributed by atoms with E-state index in [2.05, 4.69) is 20.7 Å². The monoisotopic (exact) mass is 579 g/mol. The molecule has 0 aliphatic carbocycles. The van der Waals surface area contributed by atoms with Crippen LogP contribution in [-0.2, 0) is 27.0 Å². The lowest BCUT2D eigenvalue weighted by atomic mass is 9.89. The number of ether oxygens (including phenoxy) is 1. The van der Waals surface area contributed by atoms with E-state index in [1.807, 2.05) is 27.7 Å². The topological polar surface area (TPSA) is 115 Å². The van der Waals surface area contributed by atoms with E-state index in [4.69, 9.17) is 4.74 Å². The second kappa shape index (κ2) is 13.1. The molecule has 0 unspecified atom stereocenters. The van der Waals surface area contributed by atoms with Crippen LogP contribution in [0.4, 0.5) is 23.1 Å². The Kier molecular flexibility index (Phi) is 10.1. The summed E-state index contributed by atoms with van der Waals surface area (Å²) in [5.74, 6) is -1.68. The van der Waals surface area contributed by atoms with Gasteiger partial charge in [0.1, 0.15) is 12.1 Å². The SMILES string of the molecule is CCCC[C@H](NC(=O)O[C@H](Cn1ccc(-c2ccc(C(F)(F)F)cc2)n1)C(C)(C)C)C(=O)C(=O)Nc1nccs1. The fraction of sp³-hybridized carbons (Fsp3) is 0.444. The molecule has 3 aromatic rings. The van der Waals surface area contributed by atoms with Crippen molar-refractivity contribution < 1.29 is 32.3 Å². The van der Waals surface area contributed by atoms with E-state index in [1.165, 1.54) is 34.3 Å². The zero-order valence-corrected chi connectivity index (χ0v) is 23.4. The average Bonchev–Trinajstić information content (AvgIpc) is 3.57. The highest BCUT2D eigenvalue weighted by atomic mass is 32.1. The molecular formula is C27H32F3N5O4S. The molecule has 0 saturated carbocycles. The number of Topliss-reactive ketones (excluding diaryl/α,β-unsaturated/α-hetero) is 1. The van der Waals surface area contributed by atoms with Crippen molar-refractivity contribution in [3.63, 3.8) is 0 Å². The number of unbranched alkanes of at least 4 members (excludes halogenated alkanes) is 1. The molecule has 216 valence electrons. The highest BCUT2D eigenvalue weighted by molar-refractivity contribution is 7.13. The summed E-state index contributed by atoms with van der Waals surface area (Å²) in [6.45, 7) is 7.68. The largest absolute Gasteiger partial charge is 0.444 e. The van der Waals surface area contributed by atoms with Crippen molar-refractivity contribution >= 4 is 34.3 Å². The van der Waals surface area contributed by atoms with Crippen molar-refractivity contribution in [3.8, 4) is 11.3 Å². The Morgan fingerprint density at radius 2 is 1.80 bits per heavy atom. The minimum atomic E-state index is -4.43. The summed E-state index contributed by atoms with van der Waals surface area (Å²) < 4.78 is 45.9. The molecule has 2 amide bonds. The van der Waals surface area contributed by atoms with E-state index in [0.717, 1.165) is 18.6 Å². The van der Waals surface area contributed by atoms with Crippen molar-refractivity contribution in [3.05, 3.63) is 53.7 Å². The van der Waals surface area contributed by atoms with Gasteiger partial charge in [-0.1, -0.05) is 52.7 Å². The number of carbonyl (C=O) groups is 3. The van der Waals surface area contributed by atoms with Crippen LogP contribution >= 0.6 is 11.3 Å². The number of ketones is 1. The number of halogens is 3. The summed E-state index contributed by atoms with van der Waals surface area (Å²) in [4.78, 5) is 42.1. The Labute approximate surface area is 234 Å². The molecule has 0 bridgehead atoms. The molecule has 9 nitrogen and oxygen atoms in total. The number of carbonyl (C=O) groups excluding carboxylic acids is 3. The van der Waals surface area contributed by atoms with Gasteiger partial charge in [-0.3, -0.25) is 19.6 Å². The lowest BCUT2D eigenvalue weighted by Gasteiger charge is -2.30. The predicted octanol–water partition coefficient (Wildman–Crippen LogP) is 5.93. The van der Waals surface area contributed by atoms with Crippen LogP contribution in [0.3, 0.4) is 0 Å². The number of amides is 2. The number of hydrogen-bond donors (Lipinski definition) is 2. The van der Waals surface area contributed by atoms with E-state index in [9.17, 15) is 27.6 Å². The van der Waals surface area contributed by atoms with Crippen molar-refractivity contribution in [1.29, 1.82) is 0 Å². The van der Waals surface area contributed by atoms with Gasteiger partial charge in [0.25, 0.3) is 5.91 Å². The number of alkyl halides is 3. The predicted molar refractivity (Wildman–Crippen MR) is 145 cm³/mol. The summed E-state index contributed by atoms with van der Waals surface area (Å²) in [5, 5.41) is 11.3. The zero-order valence-electron chi connectivity index (χ0n) is 22.6. The van der Waals surface area contributed by atoms with Crippen LogP contribution in [-0.4, -0.2) is 44.7 Å². The number of thiazole rings is 1. The Balaban J connectivity index is 1.68. The quantitative estimate of drug-likeness (QED) is 0.272. The average molecular weight is 580 g/mol. The number of hydrogen-bond acceptors (Lipinski definition) is 7. The Hall–Kier alpha value is -3.74. The Morgan fingerprint density at radius 3 is 2.38 bits per heavy atom. The van der Waals surface area contributed by atoms with Gasteiger partial charge in [0.15, 0.2) is 5.13 Å². The molecule has 2 atom stereocenters. The molecule has 2 N–H and O–H groups in total. The van der Waals surface area contributed by atoms with Gasteiger partial charge < -0.3 is 10.1 Å². The normalized spacial score (nSPS) is 13.4. The summed E-state index contributed by atoms with van der Waals surface area (Å²) in [7, 11) is 0. The third-order valence-electron chi connectivity index (χ3n) is 6.05. The number of nitrogens with one attached hydrogen (secondary N) is 2. The fourth-order valence-electron chi connectivity index (χ4n) is 3.69. The molecule has 0 aliphatic rings. The lowest BCUT2D eigenvalue weighted by Crippen LogP contribution is -2.48. The standard InChI is InChI=1S/C27H32F3N5O4S/c1-5-6-7-20(22(36)23(37)33-24-31-13-15-40-24)32-25(38)39-21(26(2,3)4)16-35-14-12-19(34-35)17-8-10-18(11-9-17)27(28,29)30/h8-15,20-21H,5-7,16H2,1-4H3,(H,32,38)(H,31,33,37)/t20-,21+/m0/s1. The minimum absolute atomic E-state index is 0.148. The highest BCUT2D eigenvalue weighted by Crippen LogP contribution is 2.31. The van der Waals surface area contributed by atoms with E-state index >= 15 is 0 Å². The van der Waals surface area contributed by atoms with Gasteiger partial charge >= 0.3 is 12.3 Å². The zero-order chi connectivity index (χ0) is 29.5. The molecule has 0 fully saturated rings. The van der Waals surface area contributed by atoms with Crippen molar-refractivity contribution in [2.24, 2.45) is 5.41 Å². The smallest absolute Gasteiger partial charge is 0.416 e. The first-order chi connectivity index (χ1) is 18.8. The molecule has 1 aromatic carbocycles. The van der Waals surface area contributed by atoms with Crippen LogP contribution < -0.4 is 10.6 Å². The number of nitrogens with zero attached hydrogens (tertiary/aromatic N) is 3. The number of anilines is 1. The van der Waals surface area contributed by atoms with Crippen LogP contribution in [0.2, 0.25) is 0 Å². The van der Waals surface area contributed by atoms with Gasteiger partial charge in [-0.05, 0) is 24.6 Å². The summed E-state index contributed by atoms with van der Waals surface area (Å²) in [5.41, 5.74) is -0.323. The molecule has 2 heterocycles. The number of aromatic nitrogens is 3. The van der Waals surface area contributed by atoms with Crippen LogP contribution in [0.5, 0.6) is 0 Å². The maximum Gasteiger partial charge on any atom is 0.416 e. The van der Waals surface area contributed by atoms with Crippen LogP contribution in [0.15, 0.2) is 48.1 Å². The molecular weight excluding hydrogens is 547 g/mol. The van der Waals surface area contributed by atoms with Gasteiger partial charge in [-0.15, -0.1) is 11.3 Å². The third kappa shape index (κ3) is 8.63. The summed E-state index contributed by atoms with van der Waals surface area (Å²) >= 11 is 1.17. The van der Waals surface area contributed by atoms with Crippen molar-refractivity contribution in [2.45, 2.75) is 71.8 Å².